The number of nitrogens with one attached hydrogen (secondary N) is 1. The monoisotopic (exact) mass is 248 g/mol. The van der Waals surface area contributed by atoms with Gasteiger partial charge in [0.25, 0.3) is 5.56 Å². The molecule has 94 valence electrons. The van der Waals surface area contributed by atoms with E-state index in [1.54, 1.807) is 4.57 Å². The third-order valence-electron chi connectivity index (χ3n) is 3.37. The van der Waals surface area contributed by atoms with Crippen LogP contribution in [0.3, 0.4) is 0 Å². The van der Waals surface area contributed by atoms with E-state index < -0.39 is 17.1 Å². The van der Waals surface area contributed by atoms with Crippen molar-refractivity contribution in [1.82, 2.24) is 9.55 Å². The lowest BCUT2D eigenvalue weighted by atomic mass is 10.1. The number of H-pyrrole nitrogens is 1. The average molecular weight is 248 g/mol. The van der Waals surface area contributed by atoms with E-state index in [1.807, 2.05) is 6.92 Å². The molecule has 1 heterocycles. The highest BCUT2D eigenvalue weighted by molar-refractivity contribution is 5.81. The minimum atomic E-state index is -0.513. The molecule has 3 rings (SSSR count). The topological polar surface area (TPSA) is 54.9 Å². The molecule has 1 aromatic carbocycles. The van der Waals surface area contributed by atoms with Crippen LogP contribution in [0.25, 0.3) is 10.9 Å². The molecule has 0 spiro atoms. The van der Waals surface area contributed by atoms with Crippen LogP contribution >= 0.6 is 0 Å². The first-order chi connectivity index (χ1) is 8.61. The molecule has 0 amide bonds. The van der Waals surface area contributed by atoms with E-state index in [-0.39, 0.29) is 11.4 Å². The fourth-order valence-corrected chi connectivity index (χ4v) is 2.39. The third kappa shape index (κ3) is 1.58. The molecular weight excluding hydrogens is 235 g/mol. The van der Waals surface area contributed by atoms with Gasteiger partial charge in [-0.15, -0.1) is 0 Å². The summed E-state index contributed by atoms with van der Waals surface area (Å²) < 4.78 is 15.1. The molecule has 1 aromatic heterocycles. The summed E-state index contributed by atoms with van der Waals surface area (Å²) in [4.78, 5) is 25.9. The molecule has 1 N–H and O–H groups in total. The molecule has 0 atom stereocenters. The third-order valence-corrected chi connectivity index (χ3v) is 3.37. The first-order valence-electron chi connectivity index (χ1n) is 6.08. The molecule has 1 aliphatic rings. The molecule has 2 aromatic rings. The van der Waals surface area contributed by atoms with Gasteiger partial charge < -0.3 is 0 Å². The second-order valence-corrected chi connectivity index (χ2v) is 4.68. The van der Waals surface area contributed by atoms with Gasteiger partial charge >= 0.3 is 5.69 Å². The Bertz CT molecular complexity index is 741. The molecule has 1 saturated carbocycles. The van der Waals surface area contributed by atoms with Crippen molar-refractivity contribution in [2.75, 3.05) is 0 Å². The summed E-state index contributed by atoms with van der Waals surface area (Å²) in [7, 11) is 0. The Balaban J connectivity index is 2.53. The smallest absolute Gasteiger partial charge is 0.290 e. The van der Waals surface area contributed by atoms with Crippen LogP contribution in [0.2, 0.25) is 0 Å². The zero-order chi connectivity index (χ0) is 12.9. The van der Waals surface area contributed by atoms with Crippen molar-refractivity contribution in [2.45, 2.75) is 32.2 Å². The lowest BCUT2D eigenvalue weighted by Gasteiger charge is -2.11. The first kappa shape index (κ1) is 11.2. The Hall–Kier alpha value is -1.91. The predicted octanol–water partition coefficient (Wildman–Crippen LogP) is 1.73. The fourth-order valence-electron chi connectivity index (χ4n) is 2.39. The van der Waals surface area contributed by atoms with E-state index in [4.69, 9.17) is 0 Å². The molecule has 0 bridgehead atoms. The maximum atomic E-state index is 13.5. The molecule has 1 aliphatic carbocycles. The van der Waals surface area contributed by atoms with Gasteiger partial charge in [0.15, 0.2) is 0 Å². The van der Waals surface area contributed by atoms with Gasteiger partial charge in [0, 0.05) is 6.04 Å². The fraction of sp³-hybridized carbons (Fsp3) is 0.385. The van der Waals surface area contributed by atoms with Gasteiger partial charge in [0.2, 0.25) is 0 Å². The number of benzene rings is 1. The molecule has 0 saturated heterocycles. The summed E-state index contributed by atoms with van der Waals surface area (Å²) in [6.45, 7) is 1.89. The Kier molecular flexibility index (Phi) is 2.36. The van der Waals surface area contributed by atoms with Crippen LogP contribution in [-0.4, -0.2) is 9.55 Å². The van der Waals surface area contributed by atoms with Gasteiger partial charge in [-0.05, 0) is 37.0 Å². The number of aromatic amines is 1. The Morgan fingerprint density at radius 3 is 2.72 bits per heavy atom. The van der Waals surface area contributed by atoms with Crippen LogP contribution in [0.1, 0.15) is 31.4 Å². The molecule has 5 heteroatoms. The lowest BCUT2D eigenvalue weighted by Crippen LogP contribution is -2.30. The van der Waals surface area contributed by atoms with Crippen molar-refractivity contribution < 1.29 is 4.39 Å². The molecular formula is C13H13FN2O2. The quantitative estimate of drug-likeness (QED) is 0.879. The lowest BCUT2D eigenvalue weighted by molar-refractivity contribution is 0.625. The molecule has 4 nitrogen and oxygen atoms in total. The summed E-state index contributed by atoms with van der Waals surface area (Å²) >= 11 is 0. The van der Waals surface area contributed by atoms with Gasteiger partial charge in [-0.25, -0.2) is 9.18 Å². The van der Waals surface area contributed by atoms with Crippen molar-refractivity contribution in [2.24, 2.45) is 0 Å². The highest BCUT2D eigenvalue weighted by atomic mass is 19.1. The van der Waals surface area contributed by atoms with Crippen LogP contribution < -0.4 is 11.2 Å². The first-order valence-corrected chi connectivity index (χ1v) is 6.08. The molecule has 0 radical (unpaired) electrons. The maximum absolute atomic E-state index is 13.5. The molecule has 18 heavy (non-hydrogen) atoms. The minimum absolute atomic E-state index is 0.146. The summed E-state index contributed by atoms with van der Waals surface area (Å²) in [5, 5.41) is 0.262. The van der Waals surface area contributed by atoms with Crippen LogP contribution in [0, 0.1) is 5.82 Å². The van der Waals surface area contributed by atoms with Gasteiger partial charge in [0.05, 0.1) is 10.9 Å². The van der Waals surface area contributed by atoms with E-state index in [9.17, 15) is 14.0 Å². The van der Waals surface area contributed by atoms with Crippen LogP contribution in [0.5, 0.6) is 0 Å². The molecule has 0 unspecified atom stereocenters. The van der Waals surface area contributed by atoms with E-state index >= 15 is 0 Å². The van der Waals surface area contributed by atoms with Crippen molar-refractivity contribution in [3.63, 3.8) is 0 Å². The van der Waals surface area contributed by atoms with Crippen molar-refractivity contribution >= 4 is 10.9 Å². The highest BCUT2D eigenvalue weighted by Gasteiger charge is 2.27. The summed E-state index contributed by atoms with van der Waals surface area (Å²) in [5.74, 6) is -0.439. The summed E-state index contributed by atoms with van der Waals surface area (Å²) in [6, 6.07) is 2.75. The number of hydrogen-bond acceptors (Lipinski definition) is 2. The number of fused-ring (bicyclic) bond motifs is 1. The number of aryl methyl sites for hydroxylation is 1. The summed E-state index contributed by atoms with van der Waals surface area (Å²) in [6.07, 6.45) is 2.45. The zero-order valence-corrected chi connectivity index (χ0v) is 10.00. The number of hydrogen-bond donors (Lipinski definition) is 1. The number of nitrogens with zero attached hydrogens (tertiary/aromatic N) is 1. The summed E-state index contributed by atoms with van der Waals surface area (Å²) in [5.41, 5.74) is 0.396. The van der Waals surface area contributed by atoms with Gasteiger partial charge in [-0.2, -0.15) is 0 Å². The second kappa shape index (κ2) is 3.80. The maximum Gasteiger partial charge on any atom is 0.329 e. The Morgan fingerprint density at radius 1 is 1.39 bits per heavy atom. The Morgan fingerprint density at radius 2 is 2.11 bits per heavy atom. The number of aromatic nitrogens is 2. The van der Waals surface area contributed by atoms with E-state index in [0.717, 1.165) is 12.8 Å². The van der Waals surface area contributed by atoms with Crippen LogP contribution in [0.15, 0.2) is 21.7 Å². The van der Waals surface area contributed by atoms with E-state index in [2.05, 4.69) is 4.98 Å². The van der Waals surface area contributed by atoms with Crippen molar-refractivity contribution in [3.05, 3.63) is 44.4 Å². The van der Waals surface area contributed by atoms with Crippen LogP contribution in [0.4, 0.5) is 4.39 Å². The van der Waals surface area contributed by atoms with E-state index in [1.165, 1.54) is 12.1 Å². The zero-order valence-electron chi connectivity index (χ0n) is 10.00. The average Bonchev–Trinajstić information content (AvgIpc) is 3.13. The molecule has 1 fully saturated rings. The Labute approximate surface area is 102 Å². The van der Waals surface area contributed by atoms with Crippen LogP contribution in [-0.2, 0) is 6.42 Å². The standard InChI is InChI=1S/C13H13FN2O2/c1-2-7-5-8(14)6-10-11(7)16(9-3-4-9)13(18)15-12(10)17/h5-6,9H,2-4H2,1H3,(H,15,17,18). The van der Waals surface area contributed by atoms with Gasteiger partial charge in [-0.1, -0.05) is 6.92 Å². The van der Waals surface area contributed by atoms with Crippen molar-refractivity contribution in [1.29, 1.82) is 0 Å². The highest BCUT2D eigenvalue weighted by Crippen LogP contribution is 2.36. The van der Waals surface area contributed by atoms with Gasteiger partial charge in [-0.3, -0.25) is 14.3 Å². The minimum Gasteiger partial charge on any atom is -0.290 e. The van der Waals surface area contributed by atoms with Gasteiger partial charge in [0.1, 0.15) is 5.82 Å². The number of halogens is 1. The number of rotatable bonds is 2. The SMILES string of the molecule is CCc1cc(F)cc2c(=O)[nH]c(=O)n(C3CC3)c12. The van der Waals surface area contributed by atoms with E-state index in [0.29, 0.717) is 17.5 Å². The predicted molar refractivity (Wildman–Crippen MR) is 66.4 cm³/mol. The second-order valence-electron chi connectivity index (χ2n) is 4.68. The largest absolute Gasteiger partial charge is 0.329 e. The van der Waals surface area contributed by atoms with Crippen molar-refractivity contribution in [3.8, 4) is 0 Å². The molecule has 0 aliphatic heterocycles. The normalized spacial score (nSPS) is 15.2.